The number of tetrazole rings is 1. The number of hydrogen-bond acceptors (Lipinski definition) is 14. The largest absolute Gasteiger partial charge is 0.448 e. The molecule has 0 spiro atoms. The Morgan fingerprint density at radius 3 is 2.52 bits per heavy atom. The summed E-state index contributed by atoms with van der Waals surface area (Å²) in [5.74, 6) is 1.23. The number of esters is 1. The number of benzene rings is 2. The molecular weight excluding hydrogens is 675 g/mol. The molecule has 6 rings (SSSR count). The summed E-state index contributed by atoms with van der Waals surface area (Å²) in [6, 6.07) is 17.7. The molecule has 48 heavy (non-hydrogen) atoms. The number of ether oxygens (including phenoxy) is 1. The number of thiazole rings is 1. The zero-order valence-electron chi connectivity index (χ0n) is 25.3. The van der Waals surface area contributed by atoms with Crippen LogP contribution in [0.3, 0.4) is 0 Å². The van der Waals surface area contributed by atoms with Gasteiger partial charge in [0.05, 0.1) is 0 Å². The Morgan fingerprint density at radius 2 is 1.90 bits per heavy atom. The van der Waals surface area contributed by atoms with Crippen molar-refractivity contribution in [2.75, 3.05) is 24.3 Å². The number of aromatic nitrogens is 5. The predicted molar refractivity (Wildman–Crippen MR) is 180 cm³/mol. The predicted octanol–water partition coefficient (Wildman–Crippen LogP) is 2.47. The number of thioether (sulfide) groups is 2. The molecule has 2 atom stereocenters. The molecule has 1 saturated heterocycles. The van der Waals surface area contributed by atoms with E-state index in [9.17, 15) is 14.4 Å². The quantitative estimate of drug-likeness (QED) is 0.0551. The lowest BCUT2D eigenvalue weighted by Crippen LogP contribution is -2.71. The summed E-state index contributed by atoms with van der Waals surface area (Å²) >= 11 is 3.78. The van der Waals surface area contributed by atoms with Gasteiger partial charge in [-0.2, -0.15) is 4.80 Å². The third kappa shape index (κ3) is 6.90. The average molecular weight is 702 g/mol. The van der Waals surface area contributed by atoms with E-state index in [0.29, 0.717) is 16.5 Å². The fourth-order valence-electron chi connectivity index (χ4n) is 5.02. The monoisotopic (exact) mass is 701 g/mol. The molecule has 0 radical (unpaired) electrons. The lowest BCUT2D eigenvalue weighted by molar-refractivity contribution is -0.154. The first-order valence-corrected chi connectivity index (χ1v) is 17.2. The van der Waals surface area contributed by atoms with Gasteiger partial charge in [-0.25, -0.2) is 9.78 Å². The van der Waals surface area contributed by atoms with Crippen LogP contribution in [0.5, 0.6) is 0 Å². The van der Waals surface area contributed by atoms with Crippen LogP contribution in [0, 0.1) is 12.3 Å². The summed E-state index contributed by atoms with van der Waals surface area (Å²) < 4.78 is 6.21. The number of terminal acetylenes is 1. The van der Waals surface area contributed by atoms with Crippen molar-refractivity contribution < 1.29 is 24.0 Å². The van der Waals surface area contributed by atoms with Gasteiger partial charge in [-0.1, -0.05) is 83.5 Å². The van der Waals surface area contributed by atoms with E-state index in [1.54, 1.807) is 5.38 Å². The van der Waals surface area contributed by atoms with Gasteiger partial charge in [0, 0.05) is 16.9 Å². The number of nitrogens with one attached hydrogen (secondary N) is 1. The third-order valence-corrected chi connectivity index (χ3v) is 10.1. The van der Waals surface area contributed by atoms with E-state index < -0.39 is 35.3 Å². The SMILES string of the molecule is C#CCn1nnc(SCC2=C(C(=O)OC(c3ccccc3)c3ccccc3)N3C(=O)C(NC(=O)C(=NOC)c4csc(N)n4)[C@@H]3SC2)n1. The number of carbonyl (C=O) groups is 3. The Morgan fingerprint density at radius 1 is 1.19 bits per heavy atom. The molecule has 17 heteroatoms. The fraction of sp³-hybridized carbons (Fsp3) is 0.226. The standard InChI is InChI=1S/C31H27N9O5S3/c1-3-14-39-36-31(35-38-39)48-16-20-15-46-28-23(34-26(41)22(37-44-2)21-17-47-30(32)33-21)27(42)40(28)24(20)29(43)45-25(18-10-6-4-7-11-18)19-12-8-5-9-13-19/h1,4-13,17,23,25,28H,14-16H2,2H3,(H2,32,33)(H,34,41)/t23?,28-/m0/s1. The number of rotatable bonds is 12. The van der Waals surface area contributed by atoms with Crippen LogP contribution >= 0.6 is 34.9 Å². The number of nitrogens with two attached hydrogens (primary N) is 1. The lowest BCUT2D eigenvalue weighted by Gasteiger charge is -2.49. The number of oxime groups is 1. The molecule has 244 valence electrons. The van der Waals surface area contributed by atoms with E-state index >= 15 is 0 Å². The number of hydrogen-bond donors (Lipinski definition) is 2. The van der Waals surface area contributed by atoms with Crippen LogP contribution in [-0.2, 0) is 30.5 Å². The van der Waals surface area contributed by atoms with Gasteiger partial charge < -0.3 is 20.6 Å². The van der Waals surface area contributed by atoms with Crippen molar-refractivity contribution in [3.63, 3.8) is 0 Å². The van der Waals surface area contributed by atoms with Crippen LogP contribution in [0.4, 0.5) is 5.13 Å². The van der Waals surface area contributed by atoms with Crippen molar-refractivity contribution in [2.45, 2.75) is 29.2 Å². The molecule has 2 aromatic carbocycles. The highest BCUT2D eigenvalue weighted by Gasteiger charge is 2.55. The minimum Gasteiger partial charge on any atom is -0.448 e. The first kappa shape index (κ1) is 32.7. The number of β-lactam (4-membered cyclic amide) rings is 1. The van der Waals surface area contributed by atoms with Crippen molar-refractivity contribution in [3.05, 3.63) is 94.1 Å². The van der Waals surface area contributed by atoms with Gasteiger partial charge in [0.2, 0.25) is 5.16 Å². The van der Waals surface area contributed by atoms with Crippen molar-refractivity contribution in [3.8, 4) is 12.3 Å². The fourth-order valence-corrected chi connectivity index (χ4v) is 7.83. The van der Waals surface area contributed by atoms with Crippen LogP contribution in [0.25, 0.3) is 0 Å². The number of nitrogens with zero attached hydrogens (tertiary/aromatic N) is 7. The van der Waals surface area contributed by atoms with Crippen molar-refractivity contribution >= 4 is 63.5 Å². The Labute approximate surface area is 287 Å². The summed E-state index contributed by atoms with van der Waals surface area (Å²) in [6.45, 7) is 0.160. The molecule has 4 aromatic rings. The second kappa shape index (κ2) is 14.7. The Bertz CT molecular complexity index is 1880. The zero-order valence-corrected chi connectivity index (χ0v) is 27.7. The summed E-state index contributed by atoms with van der Waals surface area (Å²) in [5.41, 5.74) is 8.08. The maximum absolute atomic E-state index is 14.2. The van der Waals surface area contributed by atoms with Gasteiger partial charge in [-0.15, -0.1) is 39.7 Å². The first-order valence-electron chi connectivity index (χ1n) is 14.3. The van der Waals surface area contributed by atoms with Crippen molar-refractivity contribution in [1.82, 2.24) is 35.4 Å². The molecule has 0 aliphatic carbocycles. The molecule has 1 unspecified atom stereocenters. The smallest absolute Gasteiger partial charge is 0.356 e. The van der Waals surface area contributed by atoms with E-state index in [1.807, 2.05) is 60.7 Å². The molecule has 3 N–H and O–H groups in total. The summed E-state index contributed by atoms with van der Waals surface area (Å²) in [7, 11) is 1.29. The highest BCUT2D eigenvalue weighted by atomic mass is 32.2. The maximum Gasteiger partial charge on any atom is 0.356 e. The Hall–Kier alpha value is -5.18. The highest BCUT2D eigenvalue weighted by Crippen LogP contribution is 2.42. The molecule has 2 aromatic heterocycles. The van der Waals surface area contributed by atoms with E-state index in [-0.39, 0.29) is 34.5 Å². The molecule has 1 fully saturated rings. The normalized spacial score (nSPS) is 17.4. The summed E-state index contributed by atoms with van der Waals surface area (Å²) in [5, 5.41) is 20.3. The van der Waals surface area contributed by atoms with Gasteiger partial charge in [-0.3, -0.25) is 14.5 Å². The van der Waals surface area contributed by atoms with Crippen LogP contribution < -0.4 is 11.1 Å². The van der Waals surface area contributed by atoms with Crippen LogP contribution in [-0.4, -0.2) is 83.6 Å². The topological polar surface area (TPSA) is 180 Å². The first-order chi connectivity index (χ1) is 23.4. The number of carbonyl (C=O) groups excluding carboxylic acids is 3. The van der Waals surface area contributed by atoms with E-state index in [1.165, 1.54) is 40.3 Å². The highest BCUT2D eigenvalue weighted by molar-refractivity contribution is 8.01. The average Bonchev–Trinajstić information content (AvgIpc) is 3.76. The minimum absolute atomic E-state index is 0.104. The molecule has 4 heterocycles. The molecule has 2 aliphatic rings. The number of nitrogen functional groups attached to an aromatic ring is 1. The lowest BCUT2D eigenvalue weighted by atomic mass is 10.0. The van der Waals surface area contributed by atoms with Gasteiger partial charge in [-0.05, 0) is 21.9 Å². The number of fused-ring (bicyclic) bond motifs is 1. The molecule has 2 amide bonds. The van der Waals surface area contributed by atoms with Gasteiger partial charge in [0.25, 0.3) is 11.8 Å². The summed E-state index contributed by atoms with van der Waals surface area (Å²) in [6.07, 6.45) is 4.61. The van der Waals surface area contributed by atoms with Crippen LogP contribution in [0.2, 0.25) is 0 Å². The molecule has 0 bridgehead atoms. The second-order valence-electron chi connectivity index (χ2n) is 10.2. The van der Waals surface area contributed by atoms with Crippen molar-refractivity contribution in [2.24, 2.45) is 5.16 Å². The Kier molecular flexibility index (Phi) is 10.0. The van der Waals surface area contributed by atoms with E-state index in [2.05, 4.69) is 36.8 Å². The van der Waals surface area contributed by atoms with Crippen LogP contribution in [0.1, 0.15) is 22.9 Å². The van der Waals surface area contributed by atoms with Gasteiger partial charge >= 0.3 is 5.97 Å². The van der Waals surface area contributed by atoms with Gasteiger partial charge in [0.1, 0.15) is 36.5 Å². The van der Waals surface area contributed by atoms with E-state index in [0.717, 1.165) is 22.5 Å². The van der Waals surface area contributed by atoms with Gasteiger partial charge in [0.15, 0.2) is 16.9 Å². The number of amides is 2. The van der Waals surface area contributed by atoms with E-state index in [4.69, 9.17) is 21.7 Å². The molecule has 2 aliphatic heterocycles. The summed E-state index contributed by atoms with van der Waals surface area (Å²) in [4.78, 5) is 52.9. The van der Waals surface area contributed by atoms with Crippen LogP contribution in [0.15, 0.2) is 87.6 Å². The maximum atomic E-state index is 14.2. The third-order valence-electron chi connectivity index (χ3n) is 7.16. The Balaban J connectivity index is 1.28. The molecule has 0 saturated carbocycles. The second-order valence-corrected chi connectivity index (χ2v) is 13.1. The zero-order chi connectivity index (χ0) is 33.6. The molecular formula is C31H27N9O5S3. The van der Waals surface area contributed by atoms with Crippen molar-refractivity contribution in [1.29, 1.82) is 0 Å². The number of anilines is 1. The minimum atomic E-state index is -0.957. The molecule has 14 nitrogen and oxygen atoms in total.